The maximum atomic E-state index is 11.7. The Morgan fingerprint density at radius 2 is 1.80 bits per heavy atom. The van der Waals surface area contributed by atoms with E-state index in [1.54, 1.807) is 21.0 Å². The molecule has 1 aliphatic rings. The number of ether oxygens (including phenoxy) is 1. The van der Waals surface area contributed by atoms with E-state index in [9.17, 15) is 8.42 Å². The summed E-state index contributed by atoms with van der Waals surface area (Å²) in [5.41, 5.74) is 0. The lowest BCUT2D eigenvalue weighted by Crippen LogP contribution is -2.40. The fraction of sp³-hybridized carbons (Fsp3) is 0.941. The van der Waals surface area contributed by atoms with Crippen molar-refractivity contribution in [1.29, 1.82) is 0 Å². The lowest BCUT2D eigenvalue weighted by molar-refractivity contribution is 0.0468. The van der Waals surface area contributed by atoms with E-state index in [4.69, 9.17) is 4.74 Å². The van der Waals surface area contributed by atoms with Crippen LogP contribution >= 0.6 is 0 Å². The Bertz CT molecular complexity index is 474. The first-order valence-electron chi connectivity index (χ1n) is 9.49. The van der Waals surface area contributed by atoms with E-state index in [2.05, 4.69) is 15.6 Å². The Morgan fingerprint density at radius 1 is 1.16 bits per heavy atom. The minimum absolute atomic E-state index is 0.140. The average molecular weight is 377 g/mol. The van der Waals surface area contributed by atoms with Gasteiger partial charge in [0.25, 0.3) is 0 Å². The fourth-order valence-corrected chi connectivity index (χ4v) is 3.74. The molecule has 0 aromatic heterocycles. The number of hydrogen-bond donors (Lipinski definition) is 2. The SMILES string of the molecule is CCS(=O)(=O)N(C)CCCNC(=NC)NCCOC1CCCCCC1. The number of hydrogen-bond acceptors (Lipinski definition) is 4. The maximum absolute atomic E-state index is 11.7. The zero-order valence-corrected chi connectivity index (χ0v) is 16.9. The molecule has 0 aromatic carbocycles. The summed E-state index contributed by atoms with van der Waals surface area (Å²) in [5, 5.41) is 6.44. The van der Waals surface area contributed by atoms with Gasteiger partial charge in [-0.15, -0.1) is 0 Å². The quantitative estimate of drug-likeness (QED) is 0.262. The zero-order chi connectivity index (χ0) is 18.5. The molecule has 0 heterocycles. The van der Waals surface area contributed by atoms with Gasteiger partial charge in [0, 0.05) is 33.7 Å². The van der Waals surface area contributed by atoms with Crippen molar-refractivity contribution in [2.75, 3.05) is 46.1 Å². The van der Waals surface area contributed by atoms with Crippen molar-refractivity contribution in [2.24, 2.45) is 4.99 Å². The largest absolute Gasteiger partial charge is 0.376 e. The predicted octanol–water partition coefficient (Wildman–Crippen LogP) is 1.56. The summed E-state index contributed by atoms with van der Waals surface area (Å²) >= 11 is 0. The van der Waals surface area contributed by atoms with E-state index in [0.717, 1.165) is 18.9 Å². The summed E-state index contributed by atoms with van der Waals surface area (Å²) in [6.45, 7) is 4.24. The van der Waals surface area contributed by atoms with Gasteiger partial charge in [0.05, 0.1) is 18.5 Å². The van der Waals surface area contributed by atoms with Gasteiger partial charge in [-0.1, -0.05) is 25.7 Å². The van der Waals surface area contributed by atoms with E-state index in [1.165, 1.54) is 42.8 Å². The third-order valence-corrected chi connectivity index (χ3v) is 6.42. The van der Waals surface area contributed by atoms with Crippen LogP contribution in [0.15, 0.2) is 4.99 Å². The highest BCUT2D eigenvalue weighted by Gasteiger charge is 2.14. The molecule has 8 heteroatoms. The first-order valence-corrected chi connectivity index (χ1v) is 11.1. The smallest absolute Gasteiger partial charge is 0.213 e. The lowest BCUT2D eigenvalue weighted by atomic mass is 10.1. The van der Waals surface area contributed by atoms with E-state index < -0.39 is 10.0 Å². The summed E-state index contributed by atoms with van der Waals surface area (Å²) in [6, 6.07) is 0. The summed E-state index contributed by atoms with van der Waals surface area (Å²) in [7, 11) is 0.261. The Kier molecular flexibility index (Phi) is 11.1. The molecule has 2 N–H and O–H groups in total. The van der Waals surface area contributed by atoms with Gasteiger partial charge in [-0.3, -0.25) is 4.99 Å². The van der Waals surface area contributed by atoms with Gasteiger partial charge in [-0.05, 0) is 26.2 Å². The van der Waals surface area contributed by atoms with Crippen LogP contribution in [0.2, 0.25) is 0 Å². The molecule has 7 nitrogen and oxygen atoms in total. The minimum atomic E-state index is -3.09. The van der Waals surface area contributed by atoms with Crippen LogP contribution in [0.3, 0.4) is 0 Å². The highest BCUT2D eigenvalue weighted by Crippen LogP contribution is 2.19. The average Bonchev–Trinajstić information content (AvgIpc) is 2.88. The highest BCUT2D eigenvalue weighted by atomic mass is 32.2. The van der Waals surface area contributed by atoms with Crippen LogP contribution in [-0.4, -0.2) is 70.9 Å². The maximum Gasteiger partial charge on any atom is 0.213 e. The van der Waals surface area contributed by atoms with Gasteiger partial charge in [0.15, 0.2) is 5.96 Å². The molecule has 1 fully saturated rings. The molecule has 0 bridgehead atoms. The van der Waals surface area contributed by atoms with Crippen molar-refractivity contribution in [1.82, 2.24) is 14.9 Å². The third kappa shape index (κ3) is 9.42. The van der Waals surface area contributed by atoms with Crippen LogP contribution in [0, 0.1) is 0 Å². The standard InChI is InChI=1S/C17H36N4O3S/c1-4-25(22,23)21(3)14-9-12-19-17(18-2)20-13-15-24-16-10-7-5-6-8-11-16/h16H,4-15H2,1-3H3,(H2,18,19,20). The molecule has 148 valence electrons. The minimum Gasteiger partial charge on any atom is -0.376 e. The van der Waals surface area contributed by atoms with Gasteiger partial charge in [-0.25, -0.2) is 12.7 Å². The van der Waals surface area contributed by atoms with E-state index in [1.807, 2.05) is 0 Å². The molecule has 1 rings (SSSR count). The van der Waals surface area contributed by atoms with E-state index >= 15 is 0 Å². The monoisotopic (exact) mass is 376 g/mol. The Hall–Kier alpha value is -0.860. The number of guanidine groups is 1. The van der Waals surface area contributed by atoms with Crippen molar-refractivity contribution >= 4 is 16.0 Å². The summed E-state index contributed by atoms with van der Waals surface area (Å²) in [5.74, 6) is 0.867. The van der Waals surface area contributed by atoms with Gasteiger partial charge in [0.1, 0.15) is 0 Å². The molecular weight excluding hydrogens is 340 g/mol. The molecule has 1 aliphatic carbocycles. The Morgan fingerprint density at radius 3 is 2.40 bits per heavy atom. The van der Waals surface area contributed by atoms with E-state index in [-0.39, 0.29) is 5.75 Å². The molecular formula is C17H36N4O3S. The zero-order valence-electron chi connectivity index (χ0n) is 16.1. The second-order valence-corrected chi connectivity index (χ2v) is 8.85. The fourth-order valence-electron chi connectivity index (χ4n) is 2.89. The lowest BCUT2D eigenvalue weighted by Gasteiger charge is -2.18. The van der Waals surface area contributed by atoms with Crippen LogP contribution in [0.4, 0.5) is 0 Å². The Balaban J connectivity index is 2.12. The van der Waals surface area contributed by atoms with E-state index in [0.29, 0.717) is 25.8 Å². The number of aliphatic imine (C=N–C) groups is 1. The van der Waals surface area contributed by atoms with Gasteiger partial charge >= 0.3 is 0 Å². The van der Waals surface area contributed by atoms with Crippen LogP contribution < -0.4 is 10.6 Å². The molecule has 0 unspecified atom stereocenters. The molecule has 0 aliphatic heterocycles. The van der Waals surface area contributed by atoms with Crippen LogP contribution in [-0.2, 0) is 14.8 Å². The first kappa shape index (κ1) is 22.2. The molecule has 0 radical (unpaired) electrons. The van der Waals surface area contributed by atoms with Crippen molar-refractivity contribution < 1.29 is 13.2 Å². The van der Waals surface area contributed by atoms with Crippen molar-refractivity contribution in [3.63, 3.8) is 0 Å². The molecule has 0 spiro atoms. The molecule has 0 aromatic rings. The van der Waals surface area contributed by atoms with Crippen molar-refractivity contribution in [3.05, 3.63) is 0 Å². The summed E-state index contributed by atoms with van der Waals surface area (Å²) in [4.78, 5) is 4.18. The van der Waals surface area contributed by atoms with Crippen LogP contribution in [0.25, 0.3) is 0 Å². The molecule has 0 saturated heterocycles. The topological polar surface area (TPSA) is 83.0 Å². The molecule has 1 saturated carbocycles. The second kappa shape index (κ2) is 12.5. The summed E-state index contributed by atoms with van der Waals surface area (Å²) < 4.78 is 30.7. The predicted molar refractivity (Wildman–Crippen MR) is 104 cm³/mol. The number of nitrogens with zero attached hydrogens (tertiary/aromatic N) is 2. The second-order valence-electron chi connectivity index (χ2n) is 6.49. The number of nitrogens with one attached hydrogen (secondary N) is 2. The molecule has 25 heavy (non-hydrogen) atoms. The highest BCUT2D eigenvalue weighted by molar-refractivity contribution is 7.89. The van der Waals surface area contributed by atoms with Crippen molar-refractivity contribution in [3.8, 4) is 0 Å². The number of sulfonamides is 1. The third-order valence-electron chi connectivity index (χ3n) is 4.56. The number of rotatable bonds is 10. The van der Waals surface area contributed by atoms with Gasteiger partial charge in [-0.2, -0.15) is 0 Å². The molecule has 0 atom stereocenters. The molecule has 0 amide bonds. The van der Waals surface area contributed by atoms with Crippen LogP contribution in [0.5, 0.6) is 0 Å². The van der Waals surface area contributed by atoms with Crippen molar-refractivity contribution in [2.45, 2.75) is 58.0 Å². The summed E-state index contributed by atoms with van der Waals surface area (Å²) in [6.07, 6.45) is 8.74. The normalized spacial score (nSPS) is 17.5. The van der Waals surface area contributed by atoms with Gasteiger partial charge < -0.3 is 15.4 Å². The first-order chi connectivity index (χ1) is 12.0. The van der Waals surface area contributed by atoms with Crippen LogP contribution in [0.1, 0.15) is 51.9 Å². The van der Waals surface area contributed by atoms with Gasteiger partial charge in [0.2, 0.25) is 10.0 Å². The Labute approximate surface area is 153 Å².